The van der Waals surface area contributed by atoms with E-state index in [0.29, 0.717) is 12.2 Å². The van der Waals surface area contributed by atoms with Gasteiger partial charge >= 0.3 is 0 Å². The summed E-state index contributed by atoms with van der Waals surface area (Å²) < 4.78 is 5.40. The molecule has 1 atom stereocenters. The van der Waals surface area contributed by atoms with Gasteiger partial charge in [-0.25, -0.2) is 0 Å². The van der Waals surface area contributed by atoms with Gasteiger partial charge in [-0.1, -0.05) is 18.2 Å². The molecule has 3 nitrogen and oxygen atoms in total. The zero-order valence-electron chi connectivity index (χ0n) is 13.8. The highest BCUT2D eigenvalue weighted by Crippen LogP contribution is 2.25. The number of fused-ring (bicyclic) bond motifs is 1. The second kappa shape index (κ2) is 6.86. The Kier molecular flexibility index (Phi) is 4.65. The van der Waals surface area contributed by atoms with Gasteiger partial charge in [0.15, 0.2) is 0 Å². The van der Waals surface area contributed by atoms with Gasteiger partial charge < -0.3 is 10.1 Å². The molecule has 0 aromatic heterocycles. The zero-order chi connectivity index (χ0) is 16.2. The van der Waals surface area contributed by atoms with Crippen molar-refractivity contribution >= 4 is 5.91 Å². The van der Waals surface area contributed by atoms with Crippen LogP contribution in [0.5, 0.6) is 5.75 Å². The van der Waals surface area contributed by atoms with E-state index in [1.54, 1.807) is 12.1 Å². The van der Waals surface area contributed by atoms with Crippen molar-refractivity contribution in [3.8, 4) is 5.75 Å². The summed E-state index contributed by atoms with van der Waals surface area (Å²) in [5.74, 6) is 0.733. The molecule has 23 heavy (non-hydrogen) atoms. The normalized spacial score (nSPS) is 14.2. The monoisotopic (exact) mass is 309 g/mol. The van der Waals surface area contributed by atoms with Crippen molar-refractivity contribution in [2.45, 2.75) is 39.2 Å². The van der Waals surface area contributed by atoms with Gasteiger partial charge in [-0.15, -0.1) is 0 Å². The Morgan fingerprint density at radius 1 is 1.13 bits per heavy atom. The number of aryl methyl sites for hydroxylation is 2. The van der Waals surface area contributed by atoms with Gasteiger partial charge in [0.2, 0.25) is 0 Å². The highest BCUT2D eigenvalue weighted by atomic mass is 16.5. The lowest BCUT2D eigenvalue weighted by Crippen LogP contribution is -2.26. The quantitative estimate of drug-likeness (QED) is 0.904. The first-order valence-electron chi connectivity index (χ1n) is 8.33. The summed E-state index contributed by atoms with van der Waals surface area (Å²) in [4.78, 5) is 12.4. The van der Waals surface area contributed by atoms with E-state index in [4.69, 9.17) is 4.74 Å². The smallest absolute Gasteiger partial charge is 0.251 e. The molecule has 2 aromatic carbocycles. The van der Waals surface area contributed by atoms with Crippen LogP contribution in [0.2, 0.25) is 0 Å². The second-order valence-corrected chi connectivity index (χ2v) is 6.03. The van der Waals surface area contributed by atoms with E-state index in [0.717, 1.165) is 12.2 Å². The Hall–Kier alpha value is -2.29. The number of hydrogen-bond donors (Lipinski definition) is 1. The van der Waals surface area contributed by atoms with Gasteiger partial charge in [0.1, 0.15) is 5.75 Å². The molecule has 0 radical (unpaired) electrons. The first-order chi connectivity index (χ1) is 11.2. The molecular weight excluding hydrogens is 286 g/mol. The number of benzene rings is 2. The minimum Gasteiger partial charge on any atom is -0.494 e. The van der Waals surface area contributed by atoms with E-state index in [1.807, 2.05) is 26.0 Å². The molecule has 3 heteroatoms. The molecule has 0 unspecified atom stereocenters. The summed E-state index contributed by atoms with van der Waals surface area (Å²) in [5.41, 5.74) is 4.72. The Bertz CT molecular complexity index is 691. The first-order valence-corrected chi connectivity index (χ1v) is 8.33. The molecule has 3 rings (SSSR count). The van der Waals surface area contributed by atoms with Gasteiger partial charge in [-0.05, 0) is 74.1 Å². The van der Waals surface area contributed by atoms with E-state index < -0.39 is 0 Å². The predicted octanol–water partition coefficient (Wildman–Crippen LogP) is 4.07. The average molecular weight is 309 g/mol. The number of hydrogen-bond acceptors (Lipinski definition) is 2. The molecule has 1 aliphatic rings. The van der Waals surface area contributed by atoms with Gasteiger partial charge in [-0.2, -0.15) is 0 Å². The Balaban J connectivity index is 1.67. The standard InChI is InChI=1S/C20H23NO2/c1-3-23-19-11-9-16(10-12-19)20(22)21-14(2)17-8-7-15-5-4-6-18(15)13-17/h7-14H,3-6H2,1-2H3,(H,21,22)/t14-/m1/s1. The fourth-order valence-corrected chi connectivity index (χ4v) is 3.09. The van der Waals surface area contributed by atoms with E-state index in [2.05, 4.69) is 23.5 Å². The minimum absolute atomic E-state index is 0.0000293. The topological polar surface area (TPSA) is 38.3 Å². The fourth-order valence-electron chi connectivity index (χ4n) is 3.09. The second-order valence-electron chi connectivity index (χ2n) is 6.03. The van der Waals surface area contributed by atoms with Crippen LogP contribution in [0, 0.1) is 0 Å². The summed E-state index contributed by atoms with van der Waals surface area (Å²) in [6, 6.07) is 13.8. The van der Waals surface area contributed by atoms with Gasteiger partial charge in [0, 0.05) is 5.56 Å². The molecule has 120 valence electrons. The largest absolute Gasteiger partial charge is 0.494 e. The summed E-state index contributed by atoms with van der Waals surface area (Å²) in [7, 11) is 0. The van der Waals surface area contributed by atoms with E-state index >= 15 is 0 Å². The highest BCUT2D eigenvalue weighted by molar-refractivity contribution is 5.94. The molecule has 0 spiro atoms. The number of ether oxygens (including phenoxy) is 1. The average Bonchev–Trinajstić information content (AvgIpc) is 3.03. The lowest BCUT2D eigenvalue weighted by molar-refractivity contribution is 0.0940. The molecule has 1 aliphatic carbocycles. The lowest BCUT2D eigenvalue weighted by Gasteiger charge is -2.16. The lowest BCUT2D eigenvalue weighted by atomic mass is 10.0. The Labute approximate surface area is 137 Å². The molecule has 0 heterocycles. The van der Waals surface area contributed by atoms with Crippen molar-refractivity contribution < 1.29 is 9.53 Å². The van der Waals surface area contributed by atoms with Crippen LogP contribution in [0.15, 0.2) is 42.5 Å². The van der Waals surface area contributed by atoms with Gasteiger partial charge in [0.05, 0.1) is 12.6 Å². The van der Waals surface area contributed by atoms with Crippen molar-refractivity contribution in [1.29, 1.82) is 0 Å². The van der Waals surface area contributed by atoms with Crippen LogP contribution in [-0.4, -0.2) is 12.5 Å². The van der Waals surface area contributed by atoms with Gasteiger partial charge in [0.25, 0.3) is 5.91 Å². The number of amides is 1. The zero-order valence-corrected chi connectivity index (χ0v) is 13.8. The third-order valence-corrected chi connectivity index (χ3v) is 4.40. The Morgan fingerprint density at radius 2 is 1.87 bits per heavy atom. The van der Waals surface area contributed by atoms with Crippen molar-refractivity contribution in [2.24, 2.45) is 0 Å². The van der Waals surface area contributed by atoms with E-state index in [1.165, 1.54) is 29.5 Å². The maximum atomic E-state index is 12.4. The molecule has 1 N–H and O–H groups in total. The fraction of sp³-hybridized carbons (Fsp3) is 0.350. The van der Waals surface area contributed by atoms with Crippen molar-refractivity contribution in [2.75, 3.05) is 6.61 Å². The van der Waals surface area contributed by atoms with Crippen LogP contribution in [-0.2, 0) is 12.8 Å². The van der Waals surface area contributed by atoms with Crippen LogP contribution >= 0.6 is 0 Å². The molecule has 0 aliphatic heterocycles. The third-order valence-electron chi connectivity index (χ3n) is 4.40. The van der Waals surface area contributed by atoms with Crippen LogP contribution < -0.4 is 10.1 Å². The van der Waals surface area contributed by atoms with Gasteiger partial charge in [-0.3, -0.25) is 4.79 Å². The number of nitrogens with one attached hydrogen (secondary N) is 1. The van der Waals surface area contributed by atoms with Crippen molar-refractivity contribution in [1.82, 2.24) is 5.32 Å². The van der Waals surface area contributed by atoms with Crippen LogP contribution in [0.3, 0.4) is 0 Å². The Morgan fingerprint density at radius 3 is 2.61 bits per heavy atom. The molecule has 0 saturated carbocycles. The highest BCUT2D eigenvalue weighted by Gasteiger charge is 2.15. The van der Waals surface area contributed by atoms with Crippen molar-refractivity contribution in [3.05, 3.63) is 64.7 Å². The first kappa shape index (κ1) is 15.6. The number of rotatable bonds is 5. The summed E-state index contributed by atoms with van der Waals surface area (Å²) >= 11 is 0. The summed E-state index contributed by atoms with van der Waals surface area (Å²) in [6.07, 6.45) is 3.58. The van der Waals surface area contributed by atoms with Crippen LogP contribution in [0.1, 0.15) is 53.4 Å². The van der Waals surface area contributed by atoms with E-state index in [9.17, 15) is 4.79 Å². The molecule has 1 amide bonds. The number of carbonyl (C=O) groups is 1. The van der Waals surface area contributed by atoms with Crippen molar-refractivity contribution in [3.63, 3.8) is 0 Å². The minimum atomic E-state index is -0.0546. The molecular formula is C20H23NO2. The summed E-state index contributed by atoms with van der Waals surface area (Å²) in [5, 5.41) is 3.08. The molecule has 0 saturated heterocycles. The molecule has 0 fully saturated rings. The molecule has 2 aromatic rings. The van der Waals surface area contributed by atoms with Crippen LogP contribution in [0.25, 0.3) is 0 Å². The van der Waals surface area contributed by atoms with E-state index in [-0.39, 0.29) is 11.9 Å². The maximum absolute atomic E-state index is 12.4. The molecule has 0 bridgehead atoms. The maximum Gasteiger partial charge on any atom is 0.251 e. The third kappa shape index (κ3) is 3.55. The summed E-state index contributed by atoms with van der Waals surface area (Å²) in [6.45, 7) is 4.60. The predicted molar refractivity (Wildman–Crippen MR) is 92.0 cm³/mol. The SMILES string of the molecule is CCOc1ccc(C(=O)N[C@H](C)c2ccc3c(c2)CCC3)cc1. The van der Waals surface area contributed by atoms with Crippen LogP contribution in [0.4, 0.5) is 0 Å². The number of carbonyl (C=O) groups excluding carboxylic acids is 1.